The number of para-hydroxylation sites is 1. The number of methoxy groups -OCH3 is 1. The van der Waals surface area contributed by atoms with E-state index in [-0.39, 0.29) is 11.2 Å². The number of pyridine rings is 1. The van der Waals surface area contributed by atoms with Gasteiger partial charge in [0.2, 0.25) is 0 Å². The zero-order valence-electron chi connectivity index (χ0n) is 13.0. The van der Waals surface area contributed by atoms with Gasteiger partial charge in [0.1, 0.15) is 11.4 Å². The molecule has 4 heteroatoms. The number of nitrogens with zero attached hydrogens (tertiary/aromatic N) is 1. The lowest BCUT2D eigenvalue weighted by Gasteiger charge is -2.09. The molecule has 1 heterocycles. The van der Waals surface area contributed by atoms with E-state index in [1.165, 1.54) is 0 Å². The number of aryl methyl sites for hydroxylation is 1. The van der Waals surface area contributed by atoms with Gasteiger partial charge in [-0.1, -0.05) is 30.0 Å². The van der Waals surface area contributed by atoms with E-state index >= 15 is 0 Å². The Morgan fingerprint density at radius 2 is 1.74 bits per heavy atom. The van der Waals surface area contributed by atoms with E-state index in [4.69, 9.17) is 10.5 Å². The Labute approximate surface area is 134 Å². The van der Waals surface area contributed by atoms with Crippen LogP contribution in [0.3, 0.4) is 0 Å². The lowest BCUT2D eigenvalue weighted by Crippen LogP contribution is -2.22. The molecule has 0 spiro atoms. The number of ether oxygens (including phenoxy) is 1. The summed E-state index contributed by atoms with van der Waals surface area (Å²) in [6, 6.07) is 15.0. The summed E-state index contributed by atoms with van der Waals surface area (Å²) in [4.78, 5) is 12.3. The zero-order valence-corrected chi connectivity index (χ0v) is 13.0. The highest BCUT2D eigenvalue weighted by atomic mass is 16.5. The topological polar surface area (TPSA) is 57.2 Å². The molecule has 0 amide bonds. The van der Waals surface area contributed by atoms with Crippen molar-refractivity contribution in [3.05, 3.63) is 70.0 Å². The number of fused-ring (bicyclic) bond motifs is 1. The van der Waals surface area contributed by atoms with Gasteiger partial charge in [-0.2, -0.15) is 0 Å². The highest BCUT2D eigenvalue weighted by Crippen LogP contribution is 2.20. The van der Waals surface area contributed by atoms with Gasteiger partial charge in [-0.3, -0.25) is 4.79 Å². The fourth-order valence-electron chi connectivity index (χ4n) is 2.46. The average Bonchev–Trinajstić information content (AvgIpc) is 2.60. The van der Waals surface area contributed by atoms with Crippen LogP contribution >= 0.6 is 0 Å². The van der Waals surface area contributed by atoms with Crippen LogP contribution in [0.15, 0.2) is 53.3 Å². The number of rotatable bonds is 1. The van der Waals surface area contributed by atoms with Gasteiger partial charge in [-0.05, 0) is 30.3 Å². The monoisotopic (exact) mass is 304 g/mol. The van der Waals surface area contributed by atoms with Crippen LogP contribution in [0.2, 0.25) is 0 Å². The highest BCUT2D eigenvalue weighted by Gasteiger charge is 2.10. The summed E-state index contributed by atoms with van der Waals surface area (Å²) in [5.41, 5.74) is 8.15. The van der Waals surface area contributed by atoms with E-state index in [2.05, 4.69) is 11.8 Å². The molecule has 0 aliphatic carbocycles. The van der Waals surface area contributed by atoms with Crippen molar-refractivity contribution in [3.8, 4) is 17.6 Å². The molecule has 0 atom stereocenters. The Hall–Kier alpha value is -3.19. The van der Waals surface area contributed by atoms with Crippen LogP contribution < -0.4 is 16.0 Å². The summed E-state index contributed by atoms with van der Waals surface area (Å²) in [6.07, 6.45) is 0. The van der Waals surface area contributed by atoms with Crippen LogP contribution in [-0.2, 0) is 7.05 Å². The maximum atomic E-state index is 12.3. The molecule has 0 aliphatic heterocycles. The first-order chi connectivity index (χ1) is 11.1. The largest absolute Gasteiger partial charge is 0.497 e. The maximum absolute atomic E-state index is 12.3. The van der Waals surface area contributed by atoms with Gasteiger partial charge >= 0.3 is 0 Å². The van der Waals surface area contributed by atoms with Crippen molar-refractivity contribution in [2.45, 2.75) is 0 Å². The number of hydrogen-bond donors (Lipinski definition) is 1. The van der Waals surface area contributed by atoms with Crippen molar-refractivity contribution < 1.29 is 4.74 Å². The molecule has 0 saturated heterocycles. The van der Waals surface area contributed by atoms with Crippen molar-refractivity contribution in [3.63, 3.8) is 0 Å². The third-order valence-electron chi connectivity index (χ3n) is 3.76. The molecule has 0 bridgehead atoms. The molecule has 0 unspecified atom stereocenters. The van der Waals surface area contributed by atoms with E-state index in [0.29, 0.717) is 5.56 Å². The molecule has 0 fully saturated rings. The SMILES string of the molecule is COc1ccc(C#Cc2c(N)c(=O)n(C)c3ccccc23)cc1. The van der Waals surface area contributed by atoms with Crippen LogP contribution in [0.5, 0.6) is 5.75 Å². The van der Waals surface area contributed by atoms with Crippen molar-refractivity contribution in [1.82, 2.24) is 4.57 Å². The Morgan fingerprint density at radius 3 is 2.43 bits per heavy atom. The lowest BCUT2D eigenvalue weighted by molar-refractivity contribution is 0.415. The molecule has 3 rings (SSSR count). The lowest BCUT2D eigenvalue weighted by atomic mass is 10.1. The molecule has 0 saturated carbocycles. The first-order valence-electron chi connectivity index (χ1n) is 7.15. The van der Waals surface area contributed by atoms with Crippen molar-refractivity contribution in [2.24, 2.45) is 7.05 Å². The molecule has 4 nitrogen and oxygen atoms in total. The molecule has 3 aromatic rings. The minimum atomic E-state index is -0.234. The van der Waals surface area contributed by atoms with Gasteiger partial charge in [-0.15, -0.1) is 0 Å². The number of nitrogen functional groups attached to an aromatic ring is 1. The highest BCUT2D eigenvalue weighted by molar-refractivity contribution is 5.90. The number of anilines is 1. The Bertz CT molecular complexity index is 990. The standard InChI is InChI=1S/C19H16N2O2/c1-21-17-6-4-3-5-15(17)16(18(20)19(21)22)12-9-13-7-10-14(23-2)11-8-13/h3-8,10-11H,20H2,1-2H3. The molecule has 114 valence electrons. The van der Waals surface area contributed by atoms with Crippen LogP contribution in [0.1, 0.15) is 11.1 Å². The summed E-state index contributed by atoms with van der Waals surface area (Å²) in [6.45, 7) is 0. The van der Waals surface area contributed by atoms with E-state index in [1.807, 2.05) is 48.5 Å². The Morgan fingerprint density at radius 1 is 1.04 bits per heavy atom. The van der Waals surface area contributed by atoms with Crippen molar-refractivity contribution in [1.29, 1.82) is 0 Å². The third kappa shape index (κ3) is 2.65. The molecule has 0 aliphatic rings. The van der Waals surface area contributed by atoms with Gasteiger partial charge in [0, 0.05) is 18.0 Å². The van der Waals surface area contributed by atoms with Gasteiger partial charge in [0.15, 0.2) is 0 Å². The van der Waals surface area contributed by atoms with Crippen LogP contribution in [0, 0.1) is 11.8 Å². The number of aromatic nitrogens is 1. The normalized spacial score (nSPS) is 10.2. The van der Waals surface area contributed by atoms with Gasteiger partial charge in [0.25, 0.3) is 5.56 Å². The van der Waals surface area contributed by atoms with Crippen molar-refractivity contribution in [2.75, 3.05) is 12.8 Å². The summed E-state index contributed by atoms with van der Waals surface area (Å²) in [5, 5.41) is 0.869. The molecule has 23 heavy (non-hydrogen) atoms. The summed E-state index contributed by atoms with van der Waals surface area (Å²) >= 11 is 0. The van der Waals surface area contributed by atoms with Crippen LogP contribution in [0.25, 0.3) is 10.9 Å². The molecule has 2 aromatic carbocycles. The van der Waals surface area contributed by atoms with E-state index < -0.39 is 0 Å². The predicted molar refractivity (Wildman–Crippen MR) is 92.6 cm³/mol. The smallest absolute Gasteiger partial charge is 0.275 e. The zero-order chi connectivity index (χ0) is 16.4. The summed E-state index contributed by atoms with van der Waals surface area (Å²) < 4.78 is 6.67. The summed E-state index contributed by atoms with van der Waals surface area (Å²) in [7, 11) is 3.33. The van der Waals surface area contributed by atoms with Crippen molar-refractivity contribution >= 4 is 16.6 Å². The Balaban J connectivity index is 2.17. The van der Waals surface area contributed by atoms with E-state index in [9.17, 15) is 4.79 Å². The second-order valence-electron chi connectivity index (χ2n) is 5.15. The van der Waals surface area contributed by atoms with Gasteiger partial charge in [-0.25, -0.2) is 0 Å². The number of nitrogens with two attached hydrogens (primary N) is 1. The second kappa shape index (κ2) is 5.90. The fourth-order valence-corrected chi connectivity index (χ4v) is 2.46. The molecule has 2 N–H and O–H groups in total. The van der Waals surface area contributed by atoms with Gasteiger partial charge in [0.05, 0.1) is 18.2 Å². The third-order valence-corrected chi connectivity index (χ3v) is 3.76. The minimum absolute atomic E-state index is 0.173. The molecule has 1 aromatic heterocycles. The minimum Gasteiger partial charge on any atom is -0.497 e. The second-order valence-corrected chi connectivity index (χ2v) is 5.15. The molecular weight excluding hydrogens is 288 g/mol. The maximum Gasteiger partial charge on any atom is 0.275 e. The predicted octanol–water partition coefficient (Wildman–Crippen LogP) is 2.53. The van der Waals surface area contributed by atoms with Gasteiger partial charge < -0.3 is 15.0 Å². The van der Waals surface area contributed by atoms with Crippen LogP contribution in [0.4, 0.5) is 5.69 Å². The quantitative estimate of drug-likeness (QED) is 0.703. The van der Waals surface area contributed by atoms with E-state index in [0.717, 1.165) is 22.2 Å². The first-order valence-corrected chi connectivity index (χ1v) is 7.15. The summed E-state index contributed by atoms with van der Waals surface area (Å²) in [5.74, 6) is 6.88. The first kappa shape index (κ1) is 14.7. The average molecular weight is 304 g/mol. The number of benzene rings is 2. The fraction of sp³-hybridized carbons (Fsp3) is 0.105. The Kier molecular flexibility index (Phi) is 3.78. The molecular formula is C19H16N2O2. The molecule has 0 radical (unpaired) electrons. The number of hydrogen-bond acceptors (Lipinski definition) is 3. The van der Waals surface area contributed by atoms with Crippen LogP contribution in [-0.4, -0.2) is 11.7 Å². The van der Waals surface area contributed by atoms with E-state index in [1.54, 1.807) is 18.7 Å².